The molecule has 134 valence electrons. The Morgan fingerprint density at radius 2 is 1.96 bits per heavy atom. The third kappa shape index (κ3) is 5.33. The van der Waals surface area contributed by atoms with Crippen LogP contribution in [0.2, 0.25) is 0 Å². The molecule has 0 spiro atoms. The molecule has 0 aliphatic carbocycles. The molecule has 1 unspecified atom stereocenters. The van der Waals surface area contributed by atoms with Crippen molar-refractivity contribution < 1.29 is 4.74 Å². The van der Waals surface area contributed by atoms with E-state index in [1.165, 1.54) is 38.9 Å². The van der Waals surface area contributed by atoms with E-state index in [2.05, 4.69) is 76.5 Å². The molecular formula is C21H26BrNOS. The molecule has 0 radical (unpaired) electrons. The molecule has 0 bridgehead atoms. The molecule has 1 aliphatic rings. The van der Waals surface area contributed by atoms with Gasteiger partial charge < -0.3 is 4.74 Å². The fourth-order valence-corrected chi connectivity index (χ4v) is 4.59. The Morgan fingerprint density at radius 3 is 2.68 bits per heavy atom. The number of rotatable bonds is 7. The third-order valence-electron chi connectivity index (χ3n) is 4.67. The topological polar surface area (TPSA) is 12.5 Å². The zero-order valence-corrected chi connectivity index (χ0v) is 17.4. The van der Waals surface area contributed by atoms with Gasteiger partial charge in [0, 0.05) is 35.6 Å². The van der Waals surface area contributed by atoms with Crippen molar-refractivity contribution in [2.45, 2.75) is 43.9 Å². The Bertz CT molecular complexity index is 700. The molecule has 1 heterocycles. The van der Waals surface area contributed by atoms with Crippen molar-refractivity contribution in [2.24, 2.45) is 0 Å². The smallest absolute Gasteiger partial charge is 0.0703 e. The number of hydrogen-bond donors (Lipinski definition) is 0. The molecule has 1 atom stereocenters. The molecule has 2 nitrogen and oxygen atoms in total. The van der Waals surface area contributed by atoms with Crippen LogP contribution >= 0.6 is 27.7 Å². The van der Waals surface area contributed by atoms with E-state index >= 15 is 0 Å². The number of thioether (sulfide) groups is 1. The van der Waals surface area contributed by atoms with Crippen LogP contribution in [-0.4, -0.2) is 30.4 Å². The predicted molar refractivity (Wildman–Crippen MR) is 110 cm³/mol. The number of nitrogens with zero attached hydrogens (tertiary/aromatic N) is 1. The standard InChI is InChI=1S/C21H26BrNOS/c1-16-9-10-17(20(22)12-16)13-23(15-19-7-5-11-24-19)14-18-6-3-4-8-21(18)25-2/h3-4,6,8-10,12,19H,5,7,11,13-15H2,1-2H3. The minimum atomic E-state index is 0.366. The van der Waals surface area contributed by atoms with Gasteiger partial charge in [-0.25, -0.2) is 0 Å². The highest BCUT2D eigenvalue weighted by Gasteiger charge is 2.20. The number of hydrogen-bond acceptors (Lipinski definition) is 3. The zero-order chi connectivity index (χ0) is 17.6. The largest absolute Gasteiger partial charge is 0.377 e. The summed E-state index contributed by atoms with van der Waals surface area (Å²) in [5.74, 6) is 0. The van der Waals surface area contributed by atoms with E-state index in [-0.39, 0.29) is 0 Å². The summed E-state index contributed by atoms with van der Waals surface area (Å²) in [6, 6.07) is 15.4. The summed E-state index contributed by atoms with van der Waals surface area (Å²) in [5, 5.41) is 0. The summed E-state index contributed by atoms with van der Waals surface area (Å²) < 4.78 is 7.10. The summed E-state index contributed by atoms with van der Waals surface area (Å²) in [4.78, 5) is 3.89. The maximum Gasteiger partial charge on any atom is 0.0703 e. The van der Waals surface area contributed by atoms with Crippen LogP contribution in [0.25, 0.3) is 0 Å². The highest BCUT2D eigenvalue weighted by molar-refractivity contribution is 9.10. The average molecular weight is 420 g/mol. The van der Waals surface area contributed by atoms with Crippen LogP contribution < -0.4 is 0 Å². The van der Waals surface area contributed by atoms with Crippen LogP contribution in [0.3, 0.4) is 0 Å². The van der Waals surface area contributed by atoms with Gasteiger partial charge in [-0.1, -0.05) is 46.3 Å². The fraction of sp³-hybridized carbons (Fsp3) is 0.429. The summed E-state index contributed by atoms with van der Waals surface area (Å²) in [6.45, 7) is 5.92. The van der Waals surface area contributed by atoms with E-state index in [0.29, 0.717) is 6.10 Å². The van der Waals surface area contributed by atoms with E-state index in [1.807, 2.05) is 11.8 Å². The van der Waals surface area contributed by atoms with Gasteiger partial charge in [0.25, 0.3) is 0 Å². The lowest BCUT2D eigenvalue weighted by Gasteiger charge is -2.26. The summed E-state index contributed by atoms with van der Waals surface area (Å²) in [6.07, 6.45) is 4.88. The average Bonchev–Trinajstić information content (AvgIpc) is 3.11. The number of aryl methyl sites for hydroxylation is 1. The van der Waals surface area contributed by atoms with Gasteiger partial charge in [-0.3, -0.25) is 4.90 Å². The molecule has 0 aromatic heterocycles. The molecule has 0 saturated carbocycles. The second-order valence-electron chi connectivity index (χ2n) is 6.71. The van der Waals surface area contributed by atoms with Crippen LogP contribution in [-0.2, 0) is 17.8 Å². The van der Waals surface area contributed by atoms with Gasteiger partial charge in [-0.15, -0.1) is 11.8 Å². The quantitative estimate of drug-likeness (QED) is 0.537. The fourth-order valence-electron chi connectivity index (χ4n) is 3.36. The molecule has 25 heavy (non-hydrogen) atoms. The van der Waals surface area contributed by atoms with Gasteiger partial charge in [0.1, 0.15) is 0 Å². The van der Waals surface area contributed by atoms with Crippen molar-refractivity contribution >= 4 is 27.7 Å². The lowest BCUT2D eigenvalue weighted by Crippen LogP contribution is -2.31. The molecule has 1 fully saturated rings. The molecular weight excluding hydrogens is 394 g/mol. The first-order chi connectivity index (χ1) is 12.2. The highest BCUT2D eigenvalue weighted by Crippen LogP contribution is 2.25. The second-order valence-corrected chi connectivity index (χ2v) is 8.41. The van der Waals surface area contributed by atoms with Gasteiger partial charge in [-0.05, 0) is 54.8 Å². The Morgan fingerprint density at radius 1 is 1.16 bits per heavy atom. The normalized spacial score (nSPS) is 17.4. The molecule has 0 N–H and O–H groups in total. The van der Waals surface area contributed by atoms with Crippen LogP contribution in [0.1, 0.15) is 29.5 Å². The van der Waals surface area contributed by atoms with E-state index in [1.54, 1.807) is 0 Å². The summed E-state index contributed by atoms with van der Waals surface area (Å²) >= 11 is 5.56. The Balaban J connectivity index is 1.78. The predicted octanol–water partition coefficient (Wildman–Crippen LogP) is 5.66. The van der Waals surface area contributed by atoms with E-state index in [4.69, 9.17) is 4.74 Å². The first kappa shape index (κ1) is 19.0. The van der Waals surface area contributed by atoms with Crippen molar-refractivity contribution in [1.29, 1.82) is 0 Å². The molecule has 1 saturated heterocycles. The van der Waals surface area contributed by atoms with Crippen LogP contribution in [0, 0.1) is 6.92 Å². The third-order valence-corrected chi connectivity index (χ3v) is 6.25. The van der Waals surface area contributed by atoms with Crippen molar-refractivity contribution in [3.8, 4) is 0 Å². The van der Waals surface area contributed by atoms with Crippen molar-refractivity contribution in [3.05, 3.63) is 63.6 Å². The highest BCUT2D eigenvalue weighted by atomic mass is 79.9. The lowest BCUT2D eigenvalue weighted by atomic mass is 10.1. The molecule has 0 amide bonds. The number of halogens is 1. The molecule has 1 aliphatic heterocycles. The van der Waals surface area contributed by atoms with Gasteiger partial charge in [0.15, 0.2) is 0 Å². The Labute approximate surface area is 164 Å². The van der Waals surface area contributed by atoms with Crippen LogP contribution in [0.4, 0.5) is 0 Å². The first-order valence-electron chi connectivity index (χ1n) is 8.86. The zero-order valence-electron chi connectivity index (χ0n) is 15.0. The first-order valence-corrected chi connectivity index (χ1v) is 10.9. The molecule has 2 aromatic carbocycles. The molecule has 2 aromatic rings. The summed E-state index contributed by atoms with van der Waals surface area (Å²) in [5.41, 5.74) is 4.02. The number of ether oxygens (including phenoxy) is 1. The minimum Gasteiger partial charge on any atom is -0.377 e. The SMILES string of the molecule is CSc1ccccc1CN(Cc1ccc(C)cc1Br)CC1CCCO1. The summed E-state index contributed by atoms with van der Waals surface area (Å²) in [7, 11) is 0. The number of benzene rings is 2. The van der Waals surface area contributed by atoms with Crippen LogP contribution in [0.15, 0.2) is 51.8 Å². The molecule has 4 heteroatoms. The molecule has 3 rings (SSSR count). The van der Waals surface area contributed by atoms with E-state index in [0.717, 1.165) is 26.2 Å². The lowest BCUT2D eigenvalue weighted by molar-refractivity contribution is 0.0676. The van der Waals surface area contributed by atoms with Crippen molar-refractivity contribution in [1.82, 2.24) is 4.90 Å². The monoisotopic (exact) mass is 419 g/mol. The van der Waals surface area contributed by atoms with Gasteiger partial charge in [0.2, 0.25) is 0 Å². The van der Waals surface area contributed by atoms with Crippen molar-refractivity contribution in [3.63, 3.8) is 0 Å². The Kier molecular flexibility index (Phi) is 7.00. The maximum absolute atomic E-state index is 5.91. The second kappa shape index (κ2) is 9.22. The van der Waals surface area contributed by atoms with Crippen LogP contribution in [0.5, 0.6) is 0 Å². The van der Waals surface area contributed by atoms with Gasteiger partial charge >= 0.3 is 0 Å². The Hall–Kier alpha value is -0.810. The van der Waals surface area contributed by atoms with E-state index < -0.39 is 0 Å². The van der Waals surface area contributed by atoms with E-state index in [9.17, 15) is 0 Å². The van der Waals surface area contributed by atoms with Gasteiger partial charge in [-0.2, -0.15) is 0 Å². The maximum atomic E-state index is 5.91. The minimum absolute atomic E-state index is 0.366. The van der Waals surface area contributed by atoms with Crippen molar-refractivity contribution in [2.75, 3.05) is 19.4 Å². The van der Waals surface area contributed by atoms with Gasteiger partial charge in [0.05, 0.1) is 6.10 Å².